The molecule has 0 fully saturated rings. The molecule has 0 aromatic heterocycles. The SMILES string of the molecule is N[C@H](C[C@@H](O)c1ccc(Br)cc1)C(F)(F)F. The summed E-state index contributed by atoms with van der Waals surface area (Å²) < 4.78 is 37.2. The molecular weight excluding hydrogens is 287 g/mol. The summed E-state index contributed by atoms with van der Waals surface area (Å²) in [6, 6.07) is 4.40. The molecule has 1 aromatic carbocycles. The number of hydrogen-bond acceptors (Lipinski definition) is 2. The summed E-state index contributed by atoms with van der Waals surface area (Å²) in [5, 5.41) is 9.55. The first-order valence-corrected chi connectivity index (χ1v) is 5.36. The van der Waals surface area contributed by atoms with Gasteiger partial charge in [-0.15, -0.1) is 0 Å². The number of halogens is 4. The molecule has 0 radical (unpaired) electrons. The quantitative estimate of drug-likeness (QED) is 0.901. The monoisotopic (exact) mass is 297 g/mol. The Morgan fingerprint density at radius 3 is 2.19 bits per heavy atom. The third-order valence-corrected chi connectivity index (χ3v) is 2.68. The van der Waals surface area contributed by atoms with Gasteiger partial charge >= 0.3 is 6.18 Å². The first-order chi connectivity index (χ1) is 7.30. The Bertz CT molecular complexity index is 339. The van der Waals surface area contributed by atoms with Crippen LogP contribution in [0.2, 0.25) is 0 Å². The molecule has 2 atom stereocenters. The van der Waals surface area contributed by atoms with Gasteiger partial charge < -0.3 is 10.8 Å². The second-order valence-corrected chi connectivity index (χ2v) is 4.37. The fourth-order valence-electron chi connectivity index (χ4n) is 1.20. The van der Waals surface area contributed by atoms with E-state index in [-0.39, 0.29) is 0 Å². The van der Waals surface area contributed by atoms with E-state index in [0.29, 0.717) is 5.56 Å². The maximum atomic E-state index is 12.1. The van der Waals surface area contributed by atoms with Gasteiger partial charge in [-0.3, -0.25) is 0 Å². The molecule has 0 aliphatic heterocycles. The molecule has 0 bridgehead atoms. The van der Waals surface area contributed by atoms with Crippen LogP contribution in [0.25, 0.3) is 0 Å². The van der Waals surface area contributed by atoms with Gasteiger partial charge in [-0.25, -0.2) is 0 Å². The molecule has 0 aliphatic rings. The Kier molecular flexibility index (Phi) is 4.35. The molecule has 0 amide bonds. The highest BCUT2D eigenvalue weighted by molar-refractivity contribution is 9.10. The lowest BCUT2D eigenvalue weighted by atomic mass is 10.0. The van der Waals surface area contributed by atoms with E-state index in [9.17, 15) is 18.3 Å². The second kappa shape index (κ2) is 5.16. The van der Waals surface area contributed by atoms with Gasteiger partial charge in [0.2, 0.25) is 0 Å². The van der Waals surface area contributed by atoms with Crippen molar-refractivity contribution in [3.8, 4) is 0 Å². The number of aliphatic hydroxyl groups excluding tert-OH is 1. The van der Waals surface area contributed by atoms with E-state index in [1.54, 1.807) is 24.3 Å². The van der Waals surface area contributed by atoms with E-state index in [1.165, 1.54) is 0 Å². The molecule has 0 aliphatic carbocycles. The first-order valence-electron chi connectivity index (χ1n) is 4.56. The van der Waals surface area contributed by atoms with Gasteiger partial charge in [0.15, 0.2) is 0 Å². The molecular formula is C10H11BrF3NO. The Labute approximate surface area is 99.4 Å². The highest BCUT2D eigenvalue weighted by Gasteiger charge is 2.37. The van der Waals surface area contributed by atoms with Crippen molar-refractivity contribution in [1.82, 2.24) is 0 Å². The van der Waals surface area contributed by atoms with Crippen molar-refractivity contribution >= 4 is 15.9 Å². The summed E-state index contributed by atoms with van der Waals surface area (Å²) in [5.41, 5.74) is 5.34. The molecule has 16 heavy (non-hydrogen) atoms. The maximum Gasteiger partial charge on any atom is 0.403 e. The summed E-state index contributed by atoms with van der Waals surface area (Å²) in [7, 11) is 0. The molecule has 2 nitrogen and oxygen atoms in total. The van der Waals surface area contributed by atoms with Gasteiger partial charge in [0.1, 0.15) is 6.04 Å². The van der Waals surface area contributed by atoms with E-state index >= 15 is 0 Å². The molecule has 6 heteroatoms. The van der Waals surface area contributed by atoms with Crippen LogP contribution in [0.5, 0.6) is 0 Å². The van der Waals surface area contributed by atoms with E-state index in [2.05, 4.69) is 15.9 Å². The van der Waals surface area contributed by atoms with Gasteiger partial charge in [0, 0.05) is 10.9 Å². The van der Waals surface area contributed by atoms with Crippen LogP contribution in [0, 0.1) is 0 Å². The van der Waals surface area contributed by atoms with Gasteiger partial charge in [0.05, 0.1) is 6.10 Å². The molecule has 1 aromatic rings. The summed E-state index contributed by atoms with van der Waals surface area (Å²) in [6.07, 6.45) is -6.22. The predicted molar refractivity (Wildman–Crippen MR) is 57.7 cm³/mol. The van der Waals surface area contributed by atoms with Crippen molar-refractivity contribution < 1.29 is 18.3 Å². The van der Waals surface area contributed by atoms with Crippen molar-refractivity contribution in [3.63, 3.8) is 0 Å². The average Bonchev–Trinajstić information content (AvgIpc) is 2.17. The molecule has 0 unspecified atom stereocenters. The molecule has 0 spiro atoms. The molecule has 90 valence electrons. The first kappa shape index (κ1) is 13.5. The number of benzene rings is 1. The Balaban J connectivity index is 2.65. The lowest BCUT2D eigenvalue weighted by Gasteiger charge is -2.19. The molecule has 0 saturated heterocycles. The summed E-state index contributed by atoms with van der Waals surface area (Å²) in [4.78, 5) is 0. The fraction of sp³-hybridized carbons (Fsp3) is 0.400. The third-order valence-electron chi connectivity index (χ3n) is 2.15. The fourth-order valence-corrected chi connectivity index (χ4v) is 1.46. The van der Waals surface area contributed by atoms with Gasteiger partial charge in [-0.2, -0.15) is 13.2 Å². The van der Waals surface area contributed by atoms with E-state index in [1.807, 2.05) is 0 Å². The van der Waals surface area contributed by atoms with Gasteiger partial charge in [-0.1, -0.05) is 28.1 Å². The topological polar surface area (TPSA) is 46.2 Å². The number of aliphatic hydroxyl groups is 1. The predicted octanol–water partition coefficient (Wildman–Crippen LogP) is 2.76. The van der Waals surface area contributed by atoms with Gasteiger partial charge in [-0.05, 0) is 17.7 Å². The van der Waals surface area contributed by atoms with Crippen molar-refractivity contribution in [1.29, 1.82) is 0 Å². The van der Waals surface area contributed by atoms with Crippen LogP contribution in [0.4, 0.5) is 13.2 Å². The van der Waals surface area contributed by atoms with E-state index in [0.717, 1.165) is 4.47 Å². The highest BCUT2D eigenvalue weighted by Crippen LogP contribution is 2.27. The zero-order valence-electron chi connectivity index (χ0n) is 8.21. The zero-order chi connectivity index (χ0) is 12.3. The average molecular weight is 298 g/mol. The summed E-state index contributed by atoms with van der Waals surface area (Å²) >= 11 is 3.19. The second-order valence-electron chi connectivity index (χ2n) is 3.45. The minimum Gasteiger partial charge on any atom is -0.388 e. The van der Waals surface area contributed by atoms with Crippen LogP contribution >= 0.6 is 15.9 Å². The number of alkyl halides is 3. The Morgan fingerprint density at radius 1 is 1.25 bits per heavy atom. The van der Waals surface area contributed by atoms with Crippen molar-refractivity contribution in [2.24, 2.45) is 5.73 Å². The van der Waals surface area contributed by atoms with Crippen LogP contribution in [-0.2, 0) is 0 Å². The minimum absolute atomic E-state index is 0.419. The summed E-state index contributed by atoms with van der Waals surface area (Å²) in [5.74, 6) is 0. The maximum absolute atomic E-state index is 12.1. The van der Waals surface area contributed by atoms with Crippen molar-refractivity contribution in [3.05, 3.63) is 34.3 Å². The number of rotatable bonds is 3. The van der Waals surface area contributed by atoms with Gasteiger partial charge in [0.25, 0.3) is 0 Å². The van der Waals surface area contributed by atoms with Crippen LogP contribution in [0.1, 0.15) is 18.1 Å². The van der Waals surface area contributed by atoms with E-state index < -0.39 is 24.7 Å². The smallest absolute Gasteiger partial charge is 0.388 e. The van der Waals surface area contributed by atoms with Crippen LogP contribution < -0.4 is 5.73 Å². The van der Waals surface area contributed by atoms with Crippen LogP contribution in [0.3, 0.4) is 0 Å². The third kappa shape index (κ3) is 3.77. The van der Waals surface area contributed by atoms with E-state index in [4.69, 9.17) is 5.73 Å². The lowest BCUT2D eigenvalue weighted by Crippen LogP contribution is -2.38. The van der Waals surface area contributed by atoms with Crippen molar-refractivity contribution in [2.45, 2.75) is 24.7 Å². The number of hydrogen-bond donors (Lipinski definition) is 2. The number of nitrogens with two attached hydrogens (primary N) is 1. The summed E-state index contributed by atoms with van der Waals surface area (Å²) in [6.45, 7) is 0. The molecule has 0 saturated carbocycles. The minimum atomic E-state index is -4.48. The normalized spacial score (nSPS) is 15.9. The highest BCUT2D eigenvalue weighted by atomic mass is 79.9. The largest absolute Gasteiger partial charge is 0.403 e. The molecule has 3 N–H and O–H groups in total. The molecule has 1 rings (SSSR count). The Morgan fingerprint density at radius 2 is 1.75 bits per heavy atom. The van der Waals surface area contributed by atoms with Crippen molar-refractivity contribution in [2.75, 3.05) is 0 Å². The standard InChI is InChI=1S/C10H11BrF3NO/c11-7-3-1-6(2-4-7)8(16)5-9(15)10(12,13)14/h1-4,8-9,16H,5,15H2/t8-,9-/m1/s1. The van der Waals surface area contributed by atoms with Crippen LogP contribution in [-0.4, -0.2) is 17.3 Å². The Hall–Kier alpha value is -0.590. The molecule has 0 heterocycles. The lowest BCUT2D eigenvalue weighted by molar-refractivity contribution is -0.153. The zero-order valence-corrected chi connectivity index (χ0v) is 9.79. The van der Waals surface area contributed by atoms with Crippen LogP contribution in [0.15, 0.2) is 28.7 Å².